The molecule has 8 heteroatoms. The van der Waals surface area contributed by atoms with Crippen molar-refractivity contribution < 1.29 is 4.79 Å². The molecule has 0 spiro atoms. The molecule has 0 unspecified atom stereocenters. The first kappa shape index (κ1) is 16.0. The molecule has 2 aliphatic heterocycles. The van der Waals surface area contributed by atoms with E-state index in [1.54, 1.807) is 18.7 Å². The monoisotopic (exact) mass is 342 g/mol. The zero-order chi connectivity index (χ0) is 17.6. The number of fused-ring (bicyclic) bond motifs is 1. The van der Waals surface area contributed by atoms with Gasteiger partial charge in [0.1, 0.15) is 17.2 Å². The Labute approximate surface area is 145 Å². The first-order chi connectivity index (χ1) is 12.1. The number of hydrogen-bond donors (Lipinski definition) is 1. The quantitative estimate of drug-likeness (QED) is 0.876. The van der Waals surface area contributed by atoms with Gasteiger partial charge in [0.05, 0.1) is 5.69 Å². The Morgan fingerprint density at radius 2 is 1.92 bits per heavy atom. The van der Waals surface area contributed by atoms with Crippen LogP contribution in [0, 0.1) is 13.8 Å². The lowest BCUT2D eigenvalue weighted by Gasteiger charge is -2.31. The van der Waals surface area contributed by atoms with Gasteiger partial charge in [0, 0.05) is 32.0 Å². The van der Waals surface area contributed by atoms with Crippen LogP contribution in [0.15, 0.2) is 4.79 Å². The number of carbonyl (C=O) groups is 1. The van der Waals surface area contributed by atoms with Gasteiger partial charge < -0.3 is 9.47 Å². The Morgan fingerprint density at radius 1 is 1.16 bits per heavy atom. The minimum absolute atomic E-state index is 0.200. The van der Waals surface area contributed by atoms with Gasteiger partial charge in [-0.05, 0) is 38.7 Å². The van der Waals surface area contributed by atoms with Crippen LogP contribution in [0.4, 0.5) is 0 Å². The molecular formula is C17H22N6O2. The molecule has 1 fully saturated rings. The summed E-state index contributed by atoms with van der Waals surface area (Å²) in [6.07, 6.45) is 3.85. The minimum atomic E-state index is -0.412. The number of aromatic amines is 1. The number of aromatic nitrogens is 5. The van der Waals surface area contributed by atoms with Gasteiger partial charge in [-0.15, -0.1) is 10.2 Å². The van der Waals surface area contributed by atoms with Crippen LogP contribution in [-0.2, 0) is 13.0 Å². The average Bonchev–Trinajstić information content (AvgIpc) is 3.22. The summed E-state index contributed by atoms with van der Waals surface area (Å²) in [4.78, 5) is 26.7. The smallest absolute Gasteiger partial charge is 0.277 e. The van der Waals surface area contributed by atoms with Gasteiger partial charge >= 0.3 is 0 Å². The summed E-state index contributed by atoms with van der Waals surface area (Å²) in [7, 11) is 0. The maximum absolute atomic E-state index is 12.8. The summed E-state index contributed by atoms with van der Waals surface area (Å²) >= 11 is 0. The Morgan fingerprint density at radius 3 is 2.68 bits per heavy atom. The van der Waals surface area contributed by atoms with Crippen molar-refractivity contribution in [3.8, 4) is 0 Å². The molecule has 0 aromatic carbocycles. The van der Waals surface area contributed by atoms with Crippen molar-refractivity contribution in [3.05, 3.63) is 38.8 Å². The Hall–Kier alpha value is -2.51. The van der Waals surface area contributed by atoms with Crippen molar-refractivity contribution in [1.29, 1.82) is 0 Å². The molecule has 1 amide bonds. The lowest BCUT2D eigenvalue weighted by molar-refractivity contribution is 0.0707. The summed E-state index contributed by atoms with van der Waals surface area (Å²) < 4.78 is 2.24. The van der Waals surface area contributed by atoms with Crippen LogP contribution in [0.25, 0.3) is 0 Å². The van der Waals surface area contributed by atoms with Crippen LogP contribution >= 0.6 is 0 Å². The molecule has 4 rings (SSSR count). The number of carbonyl (C=O) groups excluding carboxylic acids is 1. The van der Waals surface area contributed by atoms with Crippen LogP contribution in [0.2, 0.25) is 0 Å². The molecule has 0 aliphatic carbocycles. The van der Waals surface area contributed by atoms with E-state index in [4.69, 9.17) is 0 Å². The van der Waals surface area contributed by atoms with Crippen LogP contribution in [-0.4, -0.2) is 48.9 Å². The number of aryl methyl sites for hydroxylation is 2. The third-order valence-electron chi connectivity index (χ3n) is 5.47. The zero-order valence-corrected chi connectivity index (χ0v) is 14.6. The maximum atomic E-state index is 12.8. The van der Waals surface area contributed by atoms with E-state index in [2.05, 4.69) is 25.0 Å². The van der Waals surface area contributed by atoms with Crippen molar-refractivity contribution in [2.24, 2.45) is 0 Å². The van der Waals surface area contributed by atoms with E-state index < -0.39 is 5.56 Å². The second-order valence-corrected chi connectivity index (χ2v) is 6.93. The molecule has 2 aromatic heterocycles. The third kappa shape index (κ3) is 2.65. The standard InChI is InChI=1S/C17H22N6O2/c1-10-11(2)18-21-16(24)14(10)17(25)22-8-5-12(6-9-22)15-20-19-13-4-3-7-23(13)15/h12H,3-9H2,1-2H3,(H,21,24). The van der Waals surface area contributed by atoms with Crippen molar-refractivity contribution in [2.75, 3.05) is 13.1 Å². The van der Waals surface area contributed by atoms with E-state index >= 15 is 0 Å². The van der Waals surface area contributed by atoms with Crippen LogP contribution in [0.1, 0.15) is 58.4 Å². The zero-order valence-electron chi connectivity index (χ0n) is 14.6. The molecule has 2 aromatic rings. The molecule has 132 valence electrons. The minimum Gasteiger partial charge on any atom is -0.338 e. The summed E-state index contributed by atoms with van der Waals surface area (Å²) in [6.45, 7) is 5.83. The second kappa shape index (κ2) is 6.09. The van der Waals surface area contributed by atoms with Gasteiger partial charge in [-0.3, -0.25) is 9.59 Å². The van der Waals surface area contributed by atoms with Crippen LogP contribution < -0.4 is 5.56 Å². The normalized spacial score (nSPS) is 17.8. The van der Waals surface area contributed by atoms with E-state index in [-0.39, 0.29) is 11.5 Å². The predicted octanol–water partition coefficient (Wildman–Crippen LogP) is 0.944. The Bertz CT molecular complexity index is 876. The predicted molar refractivity (Wildman–Crippen MR) is 90.6 cm³/mol. The average molecular weight is 342 g/mol. The van der Waals surface area contributed by atoms with Crippen LogP contribution in [0.5, 0.6) is 0 Å². The summed E-state index contributed by atoms with van der Waals surface area (Å²) in [5.41, 5.74) is 1.14. The highest BCUT2D eigenvalue weighted by molar-refractivity contribution is 5.95. The third-order valence-corrected chi connectivity index (χ3v) is 5.47. The Kier molecular flexibility index (Phi) is 3.89. The van der Waals surface area contributed by atoms with Crippen molar-refractivity contribution in [3.63, 3.8) is 0 Å². The fraction of sp³-hybridized carbons (Fsp3) is 0.588. The number of piperidine rings is 1. The van der Waals surface area contributed by atoms with Gasteiger partial charge in [-0.2, -0.15) is 5.10 Å². The number of hydrogen-bond acceptors (Lipinski definition) is 5. The molecule has 2 aliphatic rings. The highest BCUT2D eigenvalue weighted by Gasteiger charge is 2.31. The topological polar surface area (TPSA) is 96.8 Å². The number of H-pyrrole nitrogens is 1. The lowest BCUT2D eigenvalue weighted by atomic mass is 9.95. The first-order valence-electron chi connectivity index (χ1n) is 8.83. The number of nitrogens with zero attached hydrogens (tertiary/aromatic N) is 5. The molecule has 25 heavy (non-hydrogen) atoms. The lowest BCUT2D eigenvalue weighted by Crippen LogP contribution is -2.41. The van der Waals surface area contributed by atoms with Crippen molar-refractivity contribution in [2.45, 2.75) is 52.0 Å². The van der Waals surface area contributed by atoms with Gasteiger partial charge in [0.2, 0.25) is 0 Å². The Balaban J connectivity index is 1.50. The van der Waals surface area contributed by atoms with Crippen LogP contribution in [0.3, 0.4) is 0 Å². The van der Waals surface area contributed by atoms with E-state index in [1.807, 2.05) is 0 Å². The highest BCUT2D eigenvalue weighted by Crippen LogP contribution is 2.29. The summed E-state index contributed by atoms with van der Waals surface area (Å²) in [5.74, 6) is 2.28. The van der Waals surface area contributed by atoms with Crippen molar-refractivity contribution in [1.82, 2.24) is 29.9 Å². The summed E-state index contributed by atoms with van der Waals surface area (Å²) in [6, 6.07) is 0. The molecule has 0 atom stereocenters. The second-order valence-electron chi connectivity index (χ2n) is 6.93. The molecule has 4 heterocycles. The SMILES string of the molecule is Cc1n[nH]c(=O)c(C(=O)N2CCC(c3nnc4n3CCC4)CC2)c1C. The highest BCUT2D eigenvalue weighted by atomic mass is 16.2. The van der Waals surface area contributed by atoms with E-state index in [0.717, 1.165) is 43.9 Å². The number of rotatable bonds is 2. The molecular weight excluding hydrogens is 320 g/mol. The van der Waals surface area contributed by atoms with E-state index in [9.17, 15) is 9.59 Å². The number of likely N-dealkylation sites (tertiary alicyclic amines) is 1. The van der Waals surface area contributed by atoms with E-state index in [0.29, 0.717) is 30.3 Å². The maximum Gasteiger partial charge on any atom is 0.277 e. The fourth-order valence-corrected chi connectivity index (χ4v) is 3.86. The molecule has 1 N–H and O–H groups in total. The molecule has 0 bridgehead atoms. The number of nitrogens with one attached hydrogen (secondary N) is 1. The van der Waals surface area contributed by atoms with Gasteiger partial charge in [0.25, 0.3) is 11.5 Å². The largest absolute Gasteiger partial charge is 0.338 e. The fourth-order valence-electron chi connectivity index (χ4n) is 3.86. The van der Waals surface area contributed by atoms with Gasteiger partial charge in [0.15, 0.2) is 0 Å². The number of amides is 1. The van der Waals surface area contributed by atoms with Gasteiger partial charge in [-0.1, -0.05) is 0 Å². The molecule has 0 radical (unpaired) electrons. The van der Waals surface area contributed by atoms with E-state index in [1.165, 1.54) is 0 Å². The first-order valence-corrected chi connectivity index (χ1v) is 8.83. The molecule has 8 nitrogen and oxygen atoms in total. The van der Waals surface area contributed by atoms with Gasteiger partial charge in [-0.25, -0.2) is 5.10 Å². The molecule has 1 saturated heterocycles. The molecule has 0 saturated carbocycles. The van der Waals surface area contributed by atoms with Crippen molar-refractivity contribution >= 4 is 5.91 Å². The summed E-state index contributed by atoms with van der Waals surface area (Å²) in [5, 5.41) is 15.0.